The van der Waals surface area contributed by atoms with Crippen LogP contribution in [0.15, 0.2) is 0 Å². The van der Waals surface area contributed by atoms with Gasteiger partial charge in [-0.2, -0.15) is 8.42 Å². The molecule has 0 fully saturated rings. The number of rotatable bonds is 9. The third kappa shape index (κ3) is 8.76. The van der Waals surface area contributed by atoms with Gasteiger partial charge in [-0.1, -0.05) is 0 Å². The Morgan fingerprint density at radius 1 is 1.13 bits per heavy atom. The second kappa shape index (κ2) is 8.00. The molecule has 0 amide bonds. The number of ether oxygens (including phenoxy) is 3. The normalized spacial score (nSPS) is 14.1. The highest BCUT2D eigenvalue weighted by molar-refractivity contribution is 7.86. The summed E-state index contributed by atoms with van der Waals surface area (Å²) in [5.74, 6) is 0. The van der Waals surface area contributed by atoms with Crippen LogP contribution in [-0.2, 0) is 24.3 Å². The van der Waals surface area contributed by atoms with Crippen LogP contribution in [0, 0.1) is 0 Å². The van der Waals surface area contributed by atoms with Crippen molar-refractivity contribution in [3.05, 3.63) is 0 Å². The van der Waals surface area contributed by atoms with Crippen LogP contribution in [0.5, 0.6) is 0 Å². The molecular formula is C8H18O6S. The van der Waals surface area contributed by atoms with Crippen LogP contribution in [-0.4, -0.2) is 58.4 Å². The number of hydrogen-bond donors (Lipinski definition) is 1. The Bertz CT molecular complexity index is 238. The van der Waals surface area contributed by atoms with Gasteiger partial charge in [0.1, 0.15) is 5.25 Å². The molecule has 0 aliphatic heterocycles. The predicted octanol–water partition coefficient (Wildman–Crippen LogP) is -0.0577. The lowest BCUT2D eigenvalue weighted by atomic mass is 10.5. The van der Waals surface area contributed by atoms with E-state index in [4.69, 9.17) is 18.8 Å². The molecule has 1 unspecified atom stereocenters. The quantitative estimate of drug-likeness (QED) is 0.450. The average molecular weight is 242 g/mol. The van der Waals surface area contributed by atoms with Crippen molar-refractivity contribution < 1.29 is 27.2 Å². The largest absolute Gasteiger partial charge is 0.382 e. The van der Waals surface area contributed by atoms with Crippen molar-refractivity contribution >= 4 is 10.1 Å². The molecule has 0 radical (unpaired) electrons. The molecular weight excluding hydrogens is 224 g/mol. The molecule has 0 bridgehead atoms. The van der Waals surface area contributed by atoms with Crippen molar-refractivity contribution in [3.8, 4) is 0 Å². The van der Waals surface area contributed by atoms with Gasteiger partial charge < -0.3 is 14.2 Å². The Hall–Kier alpha value is -0.210. The lowest BCUT2D eigenvalue weighted by molar-refractivity contribution is 0.0252. The van der Waals surface area contributed by atoms with Crippen molar-refractivity contribution in [2.24, 2.45) is 0 Å². The first-order valence-corrected chi connectivity index (χ1v) is 6.09. The molecule has 0 aliphatic rings. The molecule has 0 rings (SSSR count). The maximum Gasteiger partial charge on any atom is 0.269 e. The summed E-state index contributed by atoms with van der Waals surface area (Å²) in [5, 5.41) is -0.906. The lowest BCUT2D eigenvalue weighted by Crippen LogP contribution is -2.23. The fraction of sp³-hybridized carbons (Fsp3) is 1.00. The van der Waals surface area contributed by atoms with Crippen LogP contribution in [0.2, 0.25) is 0 Å². The minimum absolute atomic E-state index is 0.0352. The summed E-state index contributed by atoms with van der Waals surface area (Å²) in [6.45, 7) is 3.01. The Kier molecular flexibility index (Phi) is 7.89. The average Bonchev–Trinajstić information content (AvgIpc) is 2.14. The molecule has 15 heavy (non-hydrogen) atoms. The van der Waals surface area contributed by atoms with Crippen LogP contribution < -0.4 is 0 Å². The van der Waals surface area contributed by atoms with Crippen LogP contribution in [0.1, 0.15) is 6.92 Å². The maximum atomic E-state index is 10.6. The Morgan fingerprint density at radius 3 is 2.20 bits per heavy atom. The molecule has 7 heteroatoms. The minimum atomic E-state index is -3.99. The van der Waals surface area contributed by atoms with E-state index < -0.39 is 15.4 Å². The first-order chi connectivity index (χ1) is 6.98. The summed E-state index contributed by atoms with van der Waals surface area (Å²) in [6, 6.07) is 0. The van der Waals surface area contributed by atoms with E-state index in [0.29, 0.717) is 26.4 Å². The molecule has 0 aromatic carbocycles. The third-order valence-electron chi connectivity index (χ3n) is 1.66. The summed E-state index contributed by atoms with van der Waals surface area (Å²) in [7, 11) is -2.41. The highest BCUT2D eigenvalue weighted by Gasteiger charge is 2.16. The van der Waals surface area contributed by atoms with Crippen molar-refractivity contribution in [2.45, 2.75) is 12.2 Å². The second-order valence-corrected chi connectivity index (χ2v) is 4.84. The summed E-state index contributed by atoms with van der Waals surface area (Å²) in [6.07, 6.45) is 0. The zero-order chi connectivity index (χ0) is 11.7. The zero-order valence-corrected chi connectivity index (χ0v) is 9.83. The van der Waals surface area contributed by atoms with E-state index in [0.717, 1.165) is 0 Å². The summed E-state index contributed by atoms with van der Waals surface area (Å²) < 4.78 is 44.6. The van der Waals surface area contributed by atoms with Crippen molar-refractivity contribution in [3.63, 3.8) is 0 Å². The monoisotopic (exact) mass is 242 g/mol. The molecule has 1 atom stereocenters. The lowest BCUT2D eigenvalue weighted by Gasteiger charge is -2.09. The predicted molar refractivity (Wildman–Crippen MR) is 54.5 cm³/mol. The molecule has 0 saturated heterocycles. The topological polar surface area (TPSA) is 82.1 Å². The Labute approximate surface area is 90.3 Å². The fourth-order valence-corrected chi connectivity index (χ4v) is 0.966. The van der Waals surface area contributed by atoms with Crippen LogP contribution in [0.25, 0.3) is 0 Å². The molecule has 0 heterocycles. The van der Waals surface area contributed by atoms with Crippen molar-refractivity contribution in [2.75, 3.05) is 40.1 Å². The highest BCUT2D eigenvalue weighted by atomic mass is 32.2. The van der Waals surface area contributed by atoms with Crippen LogP contribution >= 0.6 is 0 Å². The van der Waals surface area contributed by atoms with Gasteiger partial charge in [-0.25, -0.2) is 0 Å². The van der Waals surface area contributed by atoms with Crippen LogP contribution in [0.3, 0.4) is 0 Å². The van der Waals surface area contributed by atoms with E-state index in [1.165, 1.54) is 6.92 Å². The third-order valence-corrected chi connectivity index (χ3v) is 2.82. The van der Waals surface area contributed by atoms with Crippen molar-refractivity contribution in [1.29, 1.82) is 0 Å². The molecule has 1 N–H and O–H groups in total. The summed E-state index contributed by atoms with van der Waals surface area (Å²) in [4.78, 5) is 0. The molecule has 0 spiro atoms. The molecule has 0 aliphatic carbocycles. The van der Waals surface area contributed by atoms with E-state index in [1.807, 2.05) is 0 Å². The summed E-state index contributed by atoms with van der Waals surface area (Å²) in [5.41, 5.74) is 0. The van der Waals surface area contributed by atoms with Gasteiger partial charge in [-0.3, -0.25) is 4.55 Å². The van der Waals surface area contributed by atoms with Gasteiger partial charge in [0.25, 0.3) is 10.1 Å². The van der Waals surface area contributed by atoms with Gasteiger partial charge >= 0.3 is 0 Å². The molecule has 0 saturated carbocycles. The van der Waals surface area contributed by atoms with Crippen LogP contribution in [0.4, 0.5) is 0 Å². The zero-order valence-electron chi connectivity index (χ0n) is 9.01. The van der Waals surface area contributed by atoms with Gasteiger partial charge in [0.15, 0.2) is 0 Å². The summed E-state index contributed by atoms with van der Waals surface area (Å²) >= 11 is 0. The smallest absolute Gasteiger partial charge is 0.269 e. The van der Waals surface area contributed by atoms with Gasteiger partial charge in [0.05, 0.1) is 33.0 Å². The maximum absolute atomic E-state index is 10.6. The van der Waals surface area contributed by atoms with E-state index in [-0.39, 0.29) is 6.61 Å². The molecule has 0 aromatic rings. The number of methoxy groups -OCH3 is 1. The van der Waals surface area contributed by atoms with Crippen molar-refractivity contribution in [1.82, 2.24) is 0 Å². The minimum Gasteiger partial charge on any atom is -0.382 e. The van der Waals surface area contributed by atoms with E-state index in [9.17, 15) is 8.42 Å². The first kappa shape index (κ1) is 14.8. The van der Waals surface area contributed by atoms with Gasteiger partial charge in [-0.15, -0.1) is 0 Å². The highest BCUT2D eigenvalue weighted by Crippen LogP contribution is 1.97. The van der Waals surface area contributed by atoms with Gasteiger partial charge in [-0.05, 0) is 6.92 Å². The van der Waals surface area contributed by atoms with E-state index in [2.05, 4.69) is 0 Å². The fourth-order valence-electron chi connectivity index (χ4n) is 0.697. The first-order valence-electron chi connectivity index (χ1n) is 4.59. The van der Waals surface area contributed by atoms with E-state index >= 15 is 0 Å². The molecule has 92 valence electrons. The molecule has 6 nitrogen and oxygen atoms in total. The van der Waals surface area contributed by atoms with E-state index in [1.54, 1.807) is 7.11 Å². The standard InChI is InChI=1S/C8H18O6S/c1-8(15(9,10)11)7-14-6-5-13-4-3-12-2/h8H,3-7H2,1-2H3,(H,9,10,11). The van der Waals surface area contributed by atoms with Gasteiger partial charge in [0.2, 0.25) is 0 Å². The second-order valence-electron chi connectivity index (χ2n) is 3.01. The Balaban J connectivity index is 3.32. The Morgan fingerprint density at radius 2 is 1.67 bits per heavy atom. The van der Waals surface area contributed by atoms with Gasteiger partial charge in [0, 0.05) is 7.11 Å². The number of hydrogen-bond acceptors (Lipinski definition) is 5. The SMILES string of the molecule is COCCOCCOCC(C)S(=O)(=O)O. The molecule has 0 aromatic heterocycles.